The molecule has 6 heteroatoms. The van der Waals surface area contributed by atoms with Gasteiger partial charge in [0, 0.05) is 5.56 Å². The number of fused-ring (bicyclic) bond motifs is 1. The molecule has 0 saturated carbocycles. The molecule has 0 saturated heterocycles. The normalized spacial score (nSPS) is 10.8. The van der Waals surface area contributed by atoms with E-state index in [1.54, 1.807) is 30.3 Å². The standard InChI is InChI=1S/C20H16N2O4/c23-19(24)13-26-16-8-3-5-14(11-16)12-21-22-20(25)18-10-4-7-15-6-1-2-9-17(15)18/h1-12H,13H2,(H,22,25)(H,23,24)/p-1/b21-12-. The molecular weight excluding hydrogens is 332 g/mol. The van der Waals surface area contributed by atoms with Gasteiger partial charge in [0.15, 0.2) is 0 Å². The lowest BCUT2D eigenvalue weighted by molar-refractivity contribution is -0.307. The summed E-state index contributed by atoms with van der Waals surface area (Å²) in [5.74, 6) is -1.24. The molecule has 3 rings (SSSR count). The van der Waals surface area contributed by atoms with Crippen LogP contribution in [0.3, 0.4) is 0 Å². The quantitative estimate of drug-likeness (QED) is 0.543. The Bertz CT molecular complexity index is 977. The van der Waals surface area contributed by atoms with Gasteiger partial charge in [-0.2, -0.15) is 5.10 Å². The maximum absolute atomic E-state index is 12.4. The van der Waals surface area contributed by atoms with Crippen LogP contribution in [0.4, 0.5) is 0 Å². The molecule has 1 amide bonds. The fraction of sp³-hybridized carbons (Fsp3) is 0.0500. The Morgan fingerprint density at radius 1 is 1.04 bits per heavy atom. The van der Waals surface area contributed by atoms with Crippen molar-refractivity contribution in [2.24, 2.45) is 5.10 Å². The van der Waals surface area contributed by atoms with Crippen LogP contribution >= 0.6 is 0 Å². The van der Waals surface area contributed by atoms with Crippen molar-refractivity contribution in [3.63, 3.8) is 0 Å². The van der Waals surface area contributed by atoms with Crippen molar-refractivity contribution >= 4 is 28.9 Å². The molecule has 0 aliphatic heterocycles. The van der Waals surface area contributed by atoms with E-state index in [1.807, 2.05) is 36.4 Å². The minimum atomic E-state index is -1.30. The molecule has 0 heterocycles. The van der Waals surface area contributed by atoms with Gasteiger partial charge in [-0.3, -0.25) is 4.79 Å². The van der Waals surface area contributed by atoms with Crippen molar-refractivity contribution < 1.29 is 19.4 Å². The number of ether oxygens (including phenoxy) is 1. The summed E-state index contributed by atoms with van der Waals surface area (Å²) in [5.41, 5.74) is 3.68. The van der Waals surface area contributed by atoms with Gasteiger partial charge in [0.05, 0.1) is 12.2 Å². The maximum atomic E-state index is 12.4. The highest BCUT2D eigenvalue weighted by Gasteiger charge is 2.08. The van der Waals surface area contributed by atoms with Gasteiger partial charge < -0.3 is 14.6 Å². The van der Waals surface area contributed by atoms with Crippen LogP contribution in [0.25, 0.3) is 10.8 Å². The second-order valence-corrected chi connectivity index (χ2v) is 5.46. The SMILES string of the molecule is O=C([O-])COc1cccc(/C=N\NC(=O)c2cccc3ccccc23)c1. The number of carbonyl (C=O) groups is 2. The van der Waals surface area contributed by atoms with E-state index in [0.29, 0.717) is 16.9 Å². The van der Waals surface area contributed by atoms with Crippen LogP contribution in [0.5, 0.6) is 5.75 Å². The Morgan fingerprint density at radius 3 is 2.65 bits per heavy atom. The van der Waals surface area contributed by atoms with E-state index >= 15 is 0 Å². The highest BCUT2D eigenvalue weighted by atomic mass is 16.5. The second kappa shape index (κ2) is 7.94. The van der Waals surface area contributed by atoms with E-state index in [4.69, 9.17) is 4.74 Å². The summed E-state index contributed by atoms with van der Waals surface area (Å²) < 4.78 is 5.04. The molecule has 0 unspecified atom stereocenters. The number of nitrogens with zero attached hydrogens (tertiary/aromatic N) is 1. The molecule has 0 radical (unpaired) electrons. The Morgan fingerprint density at radius 2 is 1.81 bits per heavy atom. The van der Waals surface area contributed by atoms with Gasteiger partial charge in [-0.1, -0.05) is 48.5 Å². The fourth-order valence-corrected chi connectivity index (χ4v) is 2.48. The molecule has 1 N–H and O–H groups in total. The molecule has 130 valence electrons. The van der Waals surface area contributed by atoms with E-state index < -0.39 is 12.6 Å². The maximum Gasteiger partial charge on any atom is 0.271 e. The van der Waals surface area contributed by atoms with Crippen molar-refractivity contribution in [1.82, 2.24) is 5.43 Å². The van der Waals surface area contributed by atoms with Crippen LogP contribution in [-0.4, -0.2) is 24.7 Å². The van der Waals surface area contributed by atoms with Gasteiger partial charge in [-0.05, 0) is 34.5 Å². The van der Waals surface area contributed by atoms with Crippen LogP contribution < -0.4 is 15.3 Å². The predicted octanol–water partition coefficient (Wildman–Crippen LogP) is 1.73. The Labute approximate surface area is 149 Å². The monoisotopic (exact) mass is 347 g/mol. The van der Waals surface area contributed by atoms with Crippen molar-refractivity contribution in [2.45, 2.75) is 0 Å². The lowest BCUT2D eigenvalue weighted by atomic mass is 10.0. The number of carbonyl (C=O) groups excluding carboxylic acids is 2. The molecule has 0 aliphatic rings. The molecule has 0 aliphatic carbocycles. The average molecular weight is 347 g/mol. The Hall–Kier alpha value is -3.67. The van der Waals surface area contributed by atoms with Crippen LogP contribution in [0.2, 0.25) is 0 Å². The number of carboxylic acids is 1. The Balaban J connectivity index is 1.69. The second-order valence-electron chi connectivity index (χ2n) is 5.46. The van der Waals surface area contributed by atoms with Crippen LogP contribution in [0.15, 0.2) is 71.8 Å². The first kappa shape index (κ1) is 17.2. The third kappa shape index (κ3) is 4.24. The van der Waals surface area contributed by atoms with Crippen molar-refractivity contribution in [2.75, 3.05) is 6.61 Å². The number of hydrazone groups is 1. The topological polar surface area (TPSA) is 90.8 Å². The highest BCUT2D eigenvalue weighted by Crippen LogP contribution is 2.18. The van der Waals surface area contributed by atoms with Gasteiger partial charge in [-0.25, -0.2) is 5.43 Å². The molecule has 6 nitrogen and oxygen atoms in total. The number of rotatable bonds is 6. The lowest BCUT2D eigenvalue weighted by Crippen LogP contribution is -2.28. The molecule has 0 atom stereocenters. The molecule has 26 heavy (non-hydrogen) atoms. The van der Waals surface area contributed by atoms with Gasteiger partial charge in [0.1, 0.15) is 12.4 Å². The average Bonchev–Trinajstić information content (AvgIpc) is 2.66. The third-order valence-corrected chi connectivity index (χ3v) is 3.63. The number of aliphatic carboxylic acids is 1. The van der Waals surface area contributed by atoms with Crippen molar-refractivity contribution in [1.29, 1.82) is 0 Å². The molecule has 0 bridgehead atoms. The number of amides is 1. The minimum absolute atomic E-state index is 0.317. The summed E-state index contributed by atoms with van der Waals surface area (Å²) in [6.07, 6.45) is 1.45. The summed E-state index contributed by atoms with van der Waals surface area (Å²) in [6, 6.07) is 19.8. The zero-order valence-corrected chi connectivity index (χ0v) is 13.7. The highest BCUT2D eigenvalue weighted by molar-refractivity contribution is 6.07. The van der Waals surface area contributed by atoms with E-state index in [0.717, 1.165) is 10.8 Å². The number of benzene rings is 3. The van der Waals surface area contributed by atoms with E-state index in [2.05, 4.69) is 10.5 Å². The Kier molecular flexibility index (Phi) is 5.24. The van der Waals surface area contributed by atoms with Gasteiger partial charge in [0.25, 0.3) is 5.91 Å². The minimum Gasteiger partial charge on any atom is -0.546 e. The summed E-state index contributed by atoms with van der Waals surface area (Å²) in [7, 11) is 0. The van der Waals surface area contributed by atoms with Gasteiger partial charge in [-0.15, -0.1) is 0 Å². The molecule has 0 spiro atoms. The van der Waals surface area contributed by atoms with E-state index in [9.17, 15) is 14.7 Å². The number of nitrogens with one attached hydrogen (secondary N) is 1. The van der Waals surface area contributed by atoms with Crippen LogP contribution in [-0.2, 0) is 4.79 Å². The predicted molar refractivity (Wildman–Crippen MR) is 96.0 cm³/mol. The third-order valence-electron chi connectivity index (χ3n) is 3.63. The van der Waals surface area contributed by atoms with Crippen LogP contribution in [0, 0.1) is 0 Å². The first-order valence-electron chi connectivity index (χ1n) is 7.87. The summed E-state index contributed by atoms with van der Waals surface area (Å²) in [4.78, 5) is 22.8. The summed E-state index contributed by atoms with van der Waals surface area (Å²) in [5, 5.41) is 16.2. The molecule has 3 aromatic rings. The smallest absolute Gasteiger partial charge is 0.271 e. The first-order chi connectivity index (χ1) is 12.6. The van der Waals surface area contributed by atoms with E-state index in [-0.39, 0.29) is 5.91 Å². The van der Waals surface area contributed by atoms with Crippen molar-refractivity contribution in [3.05, 3.63) is 77.9 Å². The fourth-order valence-electron chi connectivity index (χ4n) is 2.48. The number of hydrogen-bond acceptors (Lipinski definition) is 5. The molecular formula is C20H15N2O4-. The largest absolute Gasteiger partial charge is 0.546 e. The zero-order chi connectivity index (χ0) is 18.4. The summed E-state index contributed by atoms with van der Waals surface area (Å²) >= 11 is 0. The first-order valence-corrected chi connectivity index (χ1v) is 7.87. The zero-order valence-electron chi connectivity index (χ0n) is 13.7. The number of hydrogen-bond donors (Lipinski definition) is 1. The molecule has 0 aromatic heterocycles. The van der Waals surface area contributed by atoms with Gasteiger partial charge >= 0.3 is 0 Å². The summed E-state index contributed by atoms with van der Waals surface area (Å²) in [6.45, 7) is -0.529. The number of carboxylic acid groups (broad SMARTS) is 1. The van der Waals surface area contributed by atoms with Crippen molar-refractivity contribution in [3.8, 4) is 5.75 Å². The van der Waals surface area contributed by atoms with Crippen LogP contribution in [0.1, 0.15) is 15.9 Å². The van der Waals surface area contributed by atoms with Gasteiger partial charge in [0.2, 0.25) is 0 Å². The molecule has 3 aromatic carbocycles. The van der Waals surface area contributed by atoms with E-state index in [1.165, 1.54) is 6.21 Å². The lowest BCUT2D eigenvalue weighted by Gasteiger charge is -2.07. The molecule has 0 fully saturated rings.